The molecule has 0 amide bonds. The summed E-state index contributed by atoms with van der Waals surface area (Å²) in [5.41, 5.74) is 0.160. The van der Waals surface area contributed by atoms with Crippen LogP contribution in [0.5, 0.6) is 0 Å². The van der Waals surface area contributed by atoms with Crippen molar-refractivity contribution < 1.29 is 9.90 Å². The van der Waals surface area contributed by atoms with Gasteiger partial charge in [0.05, 0.1) is 5.41 Å². The summed E-state index contributed by atoms with van der Waals surface area (Å²) in [5, 5.41) is 16.8. The Morgan fingerprint density at radius 3 is 2.95 bits per heavy atom. The van der Waals surface area contributed by atoms with E-state index in [1.807, 2.05) is 13.0 Å². The van der Waals surface area contributed by atoms with Crippen LogP contribution in [0.1, 0.15) is 31.4 Å². The third kappa shape index (κ3) is 2.09. The Labute approximate surface area is 116 Å². The number of nitrogens with zero attached hydrogens (tertiary/aromatic N) is 4. The van der Waals surface area contributed by atoms with E-state index in [2.05, 4.69) is 20.4 Å². The second-order valence-corrected chi connectivity index (χ2v) is 5.40. The van der Waals surface area contributed by atoms with Crippen LogP contribution in [0.2, 0.25) is 0 Å². The predicted octanol–water partition coefficient (Wildman–Crippen LogP) is 1.49. The quantitative estimate of drug-likeness (QED) is 0.878. The molecule has 0 aromatic carbocycles. The maximum atomic E-state index is 11.5. The molecule has 0 atom stereocenters. The van der Waals surface area contributed by atoms with E-state index in [1.165, 1.54) is 6.33 Å². The standard InChI is InChI=1S/C13H17N5O2/c1-9-6-10(18-12(17-9)15-8-16-18)14-7-13(11(19)20)4-2-3-5-13/h6,8,14H,2-5,7H2,1H3,(H,19,20). The highest BCUT2D eigenvalue weighted by Crippen LogP contribution is 2.38. The first-order valence-corrected chi connectivity index (χ1v) is 6.75. The van der Waals surface area contributed by atoms with Gasteiger partial charge in [0.25, 0.3) is 5.78 Å². The molecule has 2 aromatic heterocycles. The van der Waals surface area contributed by atoms with Crippen LogP contribution in [-0.2, 0) is 4.79 Å². The molecule has 1 saturated carbocycles. The fourth-order valence-electron chi connectivity index (χ4n) is 2.83. The molecule has 0 aliphatic heterocycles. The van der Waals surface area contributed by atoms with Crippen LogP contribution in [-0.4, -0.2) is 37.2 Å². The largest absolute Gasteiger partial charge is 0.481 e. The molecular formula is C13H17N5O2. The zero-order valence-electron chi connectivity index (χ0n) is 11.3. The SMILES string of the molecule is Cc1cc(NCC2(C(=O)O)CCCC2)n2ncnc2n1. The maximum Gasteiger partial charge on any atom is 0.311 e. The number of rotatable bonds is 4. The van der Waals surface area contributed by atoms with E-state index in [1.54, 1.807) is 4.52 Å². The van der Waals surface area contributed by atoms with Crippen LogP contribution >= 0.6 is 0 Å². The highest BCUT2D eigenvalue weighted by molar-refractivity contribution is 5.76. The number of anilines is 1. The van der Waals surface area contributed by atoms with Crippen molar-refractivity contribution in [2.75, 3.05) is 11.9 Å². The zero-order chi connectivity index (χ0) is 14.2. The molecule has 0 bridgehead atoms. The minimum absolute atomic E-state index is 0.404. The first-order valence-electron chi connectivity index (χ1n) is 6.75. The molecule has 0 radical (unpaired) electrons. The summed E-state index contributed by atoms with van der Waals surface area (Å²) in [6.07, 6.45) is 4.83. The normalized spacial score (nSPS) is 17.4. The van der Waals surface area contributed by atoms with E-state index in [9.17, 15) is 9.90 Å². The van der Waals surface area contributed by atoms with E-state index in [4.69, 9.17) is 0 Å². The Bertz CT molecular complexity index is 645. The van der Waals surface area contributed by atoms with Crippen molar-refractivity contribution in [3.63, 3.8) is 0 Å². The van der Waals surface area contributed by atoms with Crippen molar-refractivity contribution in [1.82, 2.24) is 19.6 Å². The van der Waals surface area contributed by atoms with E-state index in [0.717, 1.165) is 37.2 Å². The van der Waals surface area contributed by atoms with Gasteiger partial charge in [-0.3, -0.25) is 4.79 Å². The predicted molar refractivity (Wildman–Crippen MR) is 72.5 cm³/mol. The van der Waals surface area contributed by atoms with Crippen LogP contribution in [0.3, 0.4) is 0 Å². The molecule has 3 rings (SSSR count). The van der Waals surface area contributed by atoms with Crippen LogP contribution < -0.4 is 5.32 Å². The van der Waals surface area contributed by atoms with E-state index >= 15 is 0 Å². The first-order chi connectivity index (χ1) is 9.61. The summed E-state index contributed by atoms with van der Waals surface area (Å²) >= 11 is 0. The van der Waals surface area contributed by atoms with Gasteiger partial charge in [0, 0.05) is 18.3 Å². The third-order valence-electron chi connectivity index (χ3n) is 4.00. The molecule has 106 valence electrons. The third-order valence-corrected chi connectivity index (χ3v) is 4.00. The van der Waals surface area contributed by atoms with Gasteiger partial charge >= 0.3 is 5.97 Å². The van der Waals surface area contributed by atoms with Crippen LogP contribution in [0.25, 0.3) is 5.78 Å². The fraction of sp³-hybridized carbons (Fsp3) is 0.538. The summed E-state index contributed by atoms with van der Waals surface area (Å²) in [5.74, 6) is 0.531. The highest BCUT2D eigenvalue weighted by atomic mass is 16.4. The molecule has 2 N–H and O–H groups in total. The second kappa shape index (κ2) is 4.73. The number of nitrogens with one attached hydrogen (secondary N) is 1. The van der Waals surface area contributed by atoms with Crippen molar-refractivity contribution in [2.45, 2.75) is 32.6 Å². The highest BCUT2D eigenvalue weighted by Gasteiger charge is 2.41. The van der Waals surface area contributed by atoms with Gasteiger partial charge in [0.2, 0.25) is 0 Å². The molecular weight excluding hydrogens is 258 g/mol. The van der Waals surface area contributed by atoms with Crippen molar-refractivity contribution in [1.29, 1.82) is 0 Å². The molecule has 0 saturated heterocycles. The molecule has 0 unspecified atom stereocenters. The Morgan fingerprint density at radius 1 is 1.50 bits per heavy atom. The monoisotopic (exact) mass is 275 g/mol. The number of aryl methyl sites for hydroxylation is 1. The number of fused-ring (bicyclic) bond motifs is 1. The Kier molecular flexibility index (Phi) is 3.04. The number of carbonyl (C=O) groups is 1. The molecule has 2 heterocycles. The summed E-state index contributed by atoms with van der Waals surface area (Å²) in [6, 6.07) is 1.85. The fourth-order valence-corrected chi connectivity index (χ4v) is 2.83. The minimum Gasteiger partial charge on any atom is -0.481 e. The number of carboxylic acid groups (broad SMARTS) is 1. The van der Waals surface area contributed by atoms with Gasteiger partial charge < -0.3 is 10.4 Å². The number of hydrogen-bond donors (Lipinski definition) is 2. The van der Waals surface area contributed by atoms with Crippen molar-refractivity contribution in [3.8, 4) is 0 Å². The molecule has 7 nitrogen and oxygen atoms in total. The number of aromatic nitrogens is 4. The first kappa shape index (κ1) is 12.8. The topological polar surface area (TPSA) is 92.4 Å². The molecule has 1 aliphatic carbocycles. The summed E-state index contributed by atoms with van der Waals surface area (Å²) in [7, 11) is 0. The smallest absolute Gasteiger partial charge is 0.311 e. The van der Waals surface area contributed by atoms with E-state index in [0.29, 0.717) is 12.3 Å². The van der Waals surface area contributed by atoms with Crippen molar-refractivity contribution in [2.24, 2.45) is 5.41 Å². The van der Waals surface area contributed by atoms with Gasteiger partial charge in [-0.1, -0.05) is 12.8 Å². The second-order valence-electron chi connectivity index (χ2n) is 5.40. The Balaban J connectivity index is 1.86. The van der Waals surface area contributed by atoms with Gasteiger partial charge in [-0.2, -0.15) is 14.6 Å². The molecule has 7 heteroatoms. The summed E-state index contributed by atoms with van der Waals surface area (Å²) < 4.78 is 1.59. The lowest BCUT2D eigenvalue weighted by atomic mass is 9.86. The average Bonchev–Trinajstić information content (AvgIpc) is 3.04. The Hall–Kier alpha value is -2.18. The maximum absolute atomic E-state index is 11.5. The zero-order valence-corrected chi connectivity index (χ0v) is 11.3. The van der Waals surface area contributed by atoms with E-state index in [-0.39, 0.29) is 0 Å². The molecule has 20 heavy (non-hydrogen) atoms. The lowest BCUT2D eigenvalue weighted by Crippen LogP contribution is -2.35. The molecule has 1 aliphatic rings. The lowest BCUT2D eigenvalue weighted by Gasteiger charge is -2.24. The van der Waals surface area contributed by atoms with Gasteiger partial charge in [0.1, 0.15) is 12.1 Å². The van der Waals surface area contributed by atoms with Gasteiger partial charge in [0.15, 0.2) is 0 Å². The van der Waals surface area contributed by atoms with Gasteiger partial charge in [-0.05, 0) is 19.8 Å². The van der Waals surface area contributed by atoms with Crippen LogP contribution in [0.4, 0.5) is 5.82 Å². The van der Waals surface area contributed by atoms with Gasteiger partial charge in [-0.25, -0.2) is 4.98 Å². The number of carboxylic acids is 1. The lowest BCUT2D eigenvalue weighted by molar-refractivity contribution is -0.147. The van der Waals surface area contributed by atoms with Crippen molar-refractivity contribution >= 4 is 17.6 Å². The van der Waals surface area contributed by atoms with Crippen LogP contribution in [0.15, 0.2) is 12.4 Å². The molecule has 2 aromatic rings. The number of hydrogen-bond acceptors (Lipinski definition) is 5. The summed E-state index contributed by atoms with van der Waals surface area (Å²) in [4.78, 5) is 19.9. The van der Waals surface area contributed by atoms with E-state index < -0.39 is 11.4 Å². The van der Waals surface area contributed by atoms with Crippen molar-refractivity contribution in [3.05, 3.63) is 18.1 Å². The number of aliphatic carboxylic acids is 1. The minimum atomic E-state index is -0.719. The Morgan fingerprint density at radius 2 is 2.25 bits per heavy atom. The molecule has 1 fully saturated rings. The van der Waals surface area contributed by atoms with Crippen LogP contribution in [0, 0.1) is 12.3 Å². The molecule has 0 spiro atoms. The average molecular weight is 275 g/mol. The van der Waals surface area contributed by atoms with Gasteiger partial charge in [-0.15, -0.1) is 0 Å². The summed E-state index contributed by atoms with van der Waals surface area (Å²) in [6.45, 7) is 2.28.